The van der Waals surface area contributed by atoms with Crippen molar-refractivity contribution in [2.75, 3.05) is 43.1 Å². The van der Waals surface area contributed by atoms with Gasteiger partial charge in [-0.1, -0.05) is 18.2 Å². The molecule has 2 aliphatic heterocycles. The fourth-order valence-electron chi connectivity index (χ4n) is 4.66. The van der Waals surface area contributed by atoms with Gasteiger partial charge >= 0.3 is 0 Å². The number of hydrogen-bond acceptors (Lipinski definition) is 5. The quantitative estimate of drug-likeness (QED) is 0.537. The maximum absolute atomic E-state index is 12.7. The zero-order valence-corrected chi connectivity index (χ0v) is 18.5. The fraction of sp³-hybridized carbons (Fsp3) is 0.360. The van der Waals surface area contributed by atoms with Gasteiger partial charge in [-0.3, -0.25) is 14.5 Å². The Morgan fingerprint density at radius 1 is 1.18 bits per heavy atom. The number of carbonyl (C=O) groups excluding carboxylic acids is 2. The monoisotopic (exact) mass is 447 g/mol. The summed E-state index contributed by atoms with van der Waals surface area (Å²) in [6.45, 7) is 3.44. The Labute approximate surface area is 192 Å². The SMILES string of the molecule is N[C@@H](Cc1ccc(N2CCN(C3CCOC3)CC2=O)cc1)C(=O)Nc1cccc2[nH]ccc12. The van der Waals surface area contributed by atoms with Crippen LogP contribution in [0.3, 0.4) is 0 Å². The predicted molar refractivity (Wildman–Crippen MR) is 128 cm³/mol. The van der Waals surface area contributed by atoms with E-state index in [9.17, 15) is 9.59 Å². The third-order valence-electron chi connectivity index (χ3n) is 6.57. The largest absolute Gasteiger partial charge is 0.380 e. The van der Waals surface area contributed by atoms with Crippen molar-refractivity contribution < 1.29 is 14.3 Å². The summed E-state index contributed by atoms with van der Waals surface area (Å²) >= 11 is 0. The number of nitrogens with two attached hydrogens (primary N) is 1. The average Bonchev–Trinajstić information content (AvgIpc) is 3.52. The van der Waals surface area contributed by atoms with E-state index in [1.807, 2.05) is 59.6 Å². The first-order valence-electron chi connectivity index (χ1n) is 11.4. The van der Waals surface area contributed by atoms with Crippen molar-refractivity contribution >= 4 is 34.1 Å². The number of fused-ring (bicyclic) bond motifs is 1. The summed E-state index contributed by atoms with van der Waals surface area (Å²) in [7, 11) is 0. The topological polar surface area (TPSA) is 104 Å². The number of anilines is 2. The number of benzene rings is 2. The van der Waals surface area contributed by atoms with Gasteiger partial charge in [0.15, 0.2) is 0 Å². The van der Waals surface area contributed by atoms with Gasteiger partial charge in [0.1, 0.15) is 0 Å². The molecular weight excluding hydrogens is 418 g/mol. The summed E-state index contributed by atoms with van der Waals surface area (Å²) < 4.78 is 5.46. The van der Waals surface area contributed by atoms with Crippen LogP contribution in [0.1, 0.15) is 12.0 Å². The van der Waals surface area contributed by atoms with Crippen molar-refractivity contribution in [2.45, 2.75) is 24.9 Å². The molecule has 1 unspecified atom stereocenters. The Kier molecular flexibility index (Phi) is 6.13. The third kappa shape index (κ3) is 4.64. The smallest absolute Gasteiger partial charge is 0.241 e. The highest BCUT2D eigenvalue weighted by molar-refractivity contribution is 6.03. The molecule has 33 heavy (non-hydrogen) atoms. The van der Waals surface area contributed by atoms with Gasteiger partial charge < -0.3 is 25.7 Å². The molecule has 2 saturated heterocycles. The lowest BCUT2D eigenvalue weighted by molar-refractivity contribution is -0.122. The molecule has 0 aliphatic carbocycles. The lowest BCUT2D eigenvalue weighted by atomic mass is 10.0. The summed E-state index contributed by atoms with van der Waals surface area (Å²) in [5.74, 6) is -0.120. The first-order chi connectivity index (χ1) is 16.1. The second-order valence-corrected chi connectivity index (χ2v) is 8.74. The molecule has 0 radical (unpaired) electrons. The number of nitrogens with one attached hydrogen (secondary N) is 2. The third-order valence-corrected chi connectivity index (χ3v) is 6.57. The second-order valence-electron chi connectivity index (χ2n) is 8.74. The van der Waals surface area contributed by atoms with Gasteiger partial charge in [-0.15, -0.1) is 0 Å². The van der Waals surface area contributed by atoms with Gasteiger partial charge in [0.25, 0.3) is 0 Å². The summed E-state index contributed by atoms with van der Waals surface area (Å²) in [6.07, 6.45) is 3.25. The molecule has 2 atom stereocenters. The van der Waals surface area contributed by atoms with Crippen molar-refractivity contribution in [3.8, 4) is 0 Å². The highest BCUT2D eigenvalue weighted by atomic mass is 16.5. The average molecular weight is 448 g/mol. The molecule has 8 heteroatoms. The zero-order chi connectivity index (χ0) is 22.8. The summed E-state index contributed by atoms with van der Waals surface area (Å²) in [5, 5.41) is 3.89. The molecule has 2 fully saturated rings. The molecule has 2 aliphatic rings. The van der Waals surface area contributed by atoms with Crippen LogP contribution < -0.4 is 16.0 Å². The van der Waals surface area contributed by atoms with E-state index in [2.05, 4.69) is 15.2 Å². The van der Waals surface area contributed by atoms with E-state index < -0.39 is 6.04 Å². The molecule has 4 N–H and O–H groups in total. The molecule has 172 valence electrons. The molecule has 2 aromatic carbocycles. The van der Waals surface area contributed by atoms with E-state index in [1.165, 1.54) is 0 Å². The zero-order valence-electron chi connectivity index (χ0n) is 18.5. The van der Waals surface area contributed by atoms with Gasteiger partial charge in [-0.05, 0) is 48.7 Å². The Morgan fingerprint density at radius 2 is 2.03 bits per heavy atom. The number of H-pyrrole nitrogens is 1. The maximum Gasteiger partial charge on any atom is 0.241 e. The van der Waals surface area contributed by atoms with Gasteiger partial charge in [0, 0.05) is 48.5 Å². The van der Waals surface area contributed by atoms with Crippen LogP contribution in [0.5, 0.6) is 0 Å². The summed E-state index contributed by atoms with van der Waals surface area (Å²) in [5.41, 5.74) is 9.73. The van der Waals surface area contributed by atoms with E-state index in [4.69, 9.17) is 10.5 Å². The standard InChI is InChI=1S/C25H29N5O3/c26-21(25(32)28-23-3-1-2-22-20(23)8-10-27-22)14-17-4-6-18(7-5-17)30-12-11-29(15-24(30)31)19-9-13-33-16-19/h1-8,10,19,21,27H,9,11-16,26H2,(H,28,32)/t19?,21-/m0/s1. The number of ether oxygens (including phenoxy) is 1. The molecule has 2 amide bonds. The van der Waals surface area contributed by atoms with E-state index >= 15 is 0 Å². The molecule has 8 nitrogen and oxygen atoms in total. The summed E-state index contributed by atoms with van der Waals surface area (Å²) in [6, 6.07) is 15.1. The van der Waals surface area contributed by atoms with Crippen LogP contribution in [0.15, 0.2) is 54.7 Å². The predicted octanol–water partition coefficient (Wildman–Crippen LogP) is 2.11. The molecular formula is C25H29N5O3. The van der Waals surface area contributed by atoms with Crippen LogP contribution >= 0.6 is 0 Å². The Bertz CT molecular complexity index is 1140. The molecule has 3 aromatic rings. The van der Waals surface area contributed by atoms with Crippen molar-refractivity contribution in [3.63, 3.8) is 0 Å². The maximum atomic E-state index is 12.7. The van der Waals surface area contributed by atoms with E-state index in [1.54, 1.807) is 0 Å². The number of piperazine rings is 1. The number of aromatic nitrogens is 1. The van der Waals surface area contributed by atoms with Crippen molar-refractivity contribution in [3.05, 3.63) is 60.3 Å². The van der Waals surface area contributed by atoms with Crippen LogP contribution in [0.4, 0.5) is 11.4 Å². The van der Waals surface area contributed by atoms with Crippen LogP contribution in [0, 0.1) is 0 Å². The number of aromatic amines is 1. The molecule has 5 rings (SSSR count). The molecule has 1 aromatic heterocycles. The van der Waals surface area contributed by atoms with Gasteiger partial charge in [0.2, 0.25) is 11.8 Å². The minimum atomic E-state index is -0.677. The van der Waals surface area contributed by atoms with E-state index in [0.717, 1.165) is 54.0 Å². The number of hydrogen-bond donors (Lipinski definition) is 3. The van der Waals surface area contributed by atoms with Crippen LogP contribution in [0.2, 0.25) is 0 Å². The van der Waals surface area contributed by atoms with Gasteiger partial charge in [-0.25, -0.2) is 0 Å². The van der Waals surface area contributed by atoms with E-state index in [0.29, 0.717) is 25.6 Å². The Balaban J connectivity index is 1.18. The van der Waals surface area contributed by atoms with Crippen molar-refractivity contribution in [1.29, 1.82) is 0 Å². The van der Waals surface area contributed by atoms with Crippen LogP contribution in [-0.2, 0) is 20.7 Å². The summed E-state index contributed by atoms with van der Waals surface area (Å²) in [4.78, 5) is 32.6. The number of rotatable bonds is 6. The fourth-order valence-corrected chi connectivity index (χ4v) is 4.66. The number of nitrogens with zero attached hydrogens (tertiary/aromatic N) is 2. The highest BCUT2D eigenvalue weighted by Gasteiger charge is 2.31. The normalized spacial score (nSPS) is 20.3. The lowest BCUT2D eigenvalue weighted by Gasteiger charge is -2.37. The first kappa shape index (κ1) is 21.6. The Hall–Kier alpha value is -3.20. The van der Waals surface area contributed by atoms with Gasteiger partial charge in [-0.2, -0.15) is 0 Å². The minimum absolute atomic E-state index is 0.107. The Morgan fingerprint density at radius 3 is 2.79 bits per heavy atom. The van der Waals surface area contributed by atoms with Crippen molar-refractivity contribution in [2.24, 2.45) is 5.73 Å². The number of carbonyl (C=O) groups is 2. The molecule has 0 bridgehead atoms. The molecule has 0 spiro atoms. The van der Waals surface area contributed by atoms with E-state index in [-0.39, 0.29) is 11.8 Å². The lowest BCUT2D eigenvalue weighted by Crippen LogP contribution is -2.53. The molecule has 0 saturated carbocycles. The van der Waals surface area contributed by atoms with Crippen LogP contribution in [0.25, 0.3) is 10.9 Å². The highest BCUT2D eigenvalue weighted by Crippen LogP contribution is 2.23. The van der Waals surface area contributed by atoms with Crippen molar-refractivity contribution in [1.82, 2.24) is 9.88 Å². The number of amides is 2. The van der Waals surface area contributed by atoms with Crippen LogP contribution in [-0.4, -0.2) is 66.6 Å². The molecule has 3 heterocycles. The first-order valence-corrected chi connectivity index (χ1v) is 11.4. The van der Waals surface area contributed by atoms with Gasteiger partial charge in [0.05, 0.1) is 24.9 Å². The minimum Gasteiger partial charge on any atom is -0.380 e. The second kappa shape index (κ2) is 9.35.